The number of carbonyl (C=O) groups excluding carboxylic acids is 1. The number of nitrogens with one attached hydrogen (secondary N) is 1. The highest BCUT2D eigenvalue weighted by molar-refractivity contribution is 7.17. The van der Waals surface area contributed by atoms with Crippen molar-refractivity contribution >= 4 is 34.2 Å². The maximum Gasteiger partial charge on any atom is 0.339 e. The van der Waals surface area contributed by atoms with Crippen LogP contribution in [0.5, 0.6) is 0 Å². The second-order valence-corrected chi connectivity index (χ2v) is 5.58. The Kier molecular flexibility index (Phi) is 3.57. The maximum atomic E-state index is 11.3. The highest BCUT2D eigenvalue weighted by Crippen LogP contribution is 2.39. The summed E-state index contributed by atoms with van der Waals surface area (Å²) in [6.07, 6.45) is 1.18. The first-order valence-corrected chi connectivity index (χ1v) is 6.60. The Hall–Kier alpha value is -1.89. The Balaban J connectivity index is 2.41. The third-order valence-corrected chi connectivity index (χ3v) is 4.29. The summed E-state index contributed by atoms with van der Waals surface area (Å²) in [6, 6.07) is 0. The smallest absolute Gasteiger partial charge is 0.339 e. The van der Waals surface area contributed by atoms with Gasteiger partial charge in [0, 0.05) is 11.8 Å². The maximum absolute atomic E-state index is 11.3. The molecule has 1 atom stereocenters. The van der Waals surface area contributed by atoms with Gasteiger partial charge in [0.25, 0.3) is 0 Å². The van der Waals surface area contributed by atoms with Crippen molar-refractivity contribution in [1.82, 2.24) is 0 Å². The van der Waals surface area contributed by atoms with E-state index in [1.807, 2.05) is 0 Å². The molecule has 0 fully saturated rings. The van der Waals surface area contributed by atoms with Crippen LogP contribution < -0.4 is 5.32 Å². The zero-order valence-corrected chi connectivity index (χ0v) is 11.0. The topological polar surface area (TPSA) is 104 Å². The van der Waals surface area contributed by atoms with Crippen molar-refractivity contribution in [2.75, 3.05) is 5.32 Å². The van der Waals surface area contributed by atoms with E-state index in [1.165, 1.54) is 6.92 Å². The Morgan fingerprint density at radius 3 is 2.53 bits per heavy atom. The minimum absolute atomic E-state index is 0.110. The molecular formula is C12H13NO5S. The number of thiophene rings is 1. The number of carboxylic acid groups (broad SMARTS) is 2. The van der Waals surface area contributed by atoms with Gasteiger partial charge < -0.3 is 15.5 Å². The van der Waals surface area contributed by atoms with Crippen LogP contribution in [-0.4, -0.2) is 28.1 Å². The van der Waals surface area contributed by atoms with Crippen LogP contribution in [0.25, 0.3) is 0 Å². The van der Waals surface area contributed by atoms with E-state index in [1.54, 1.807) is 0 Å². The number of aromatic carboxylic acids is 1. The van der Waals surface area contributed by atoms with Gasteiger partial charge in [0.1, 0.15) is 5.00 Å². The first-order chi connectivity index (χ1) is 8.90. The standard InChI is InChI=1S/C12H13NO5S/c1-5(14)13-10-9(12(17)18)7-3-2-6(11(15)16)4-8(7)19-10/h6H,2-4H2,1H3,(H,13,14)(H,15,16)(H,17,18). The van der Waals surface area contributed by atoms with Crippen molar-refractivity contribution in [2.24, 2.45) is 5.92 Å². The molecule has 0 aliphatic heterocycles. The highest BCUT2D eigenvalue weighted by Gasteiger charge is 2.31. The molecule has 102 valence electrons. The fourth-order valence-electron chi connectivity index (χ4n) is 2.27. The predicted molar refractivity (Wildman–Crippen MR) is 68.7 cm³/mol. The van der Waals surface area contributed by atoms with Gasteiger partial charge in [-0.25, -0.2) is 4.79 Å². The van der Waals surface area contributed by atoms with Gasteiger partial charge in [-0.3, -0.25) is 9.59 Å². The van der Waals surface area contributed by atoms with E-state index >= 15 is 0 Å². The number of fused-ring (bicyclic) bond motifs is 1. The Bertz CT molecular complexity index is 563. The summed E-state index contributed by atoms with van der Waals surface area (Å²) in [4.78, 5) is 34.1. The number of anilines is 1. The van der Waals surface area contributed by atoms with Crippen LogP contribution >= 0.6 is 11.3 Å². The molecular weight excluding hydrogens is 270 g/mol. The number of carbonyl (C=O) groups is 3. The average Bonchev–Trinajstić information content (AvgIpc) is 2.64. The third kappa shape index (κ3) is 2.60. The lowest BCUT2D eigenvalue weighted by Crippen LogP contribution is -2.22. The van der Waals surface area contributed by atoms with Gasteiger partial charge in [-0.05, 0) is 24.8 Å². The van der Waals surface area contributed by atoms with E-state index < -0.39 is 17.9 Å². The normalized spacial score (nSPS) is 17.6. The molecule has 0 bridgehead atoms. The minimum atomic E-state index is -1.09. The molecule has 1 amide bonds. The Labute approximate surface area is 113 Å². The van der Waals surface area contributed by atoms with Gasteiger partial charge in [0.15, 0.2) is 0 Å². The van der Waals surface area contributed by atoms with E-state index in [0.29, 0.717) is 29.8 Å². The predicted octanol–water partition coefficient (Wildman–Crippen LogP) is 1.59. The second-order valence-electron chi connectivity index (χ2n) is 4.47. The van der Waals surface area contributed by atoms with Gasteiger partial charge >= 0.3 is 11.9 Å². The number of aliphatic carboxylic acids is 1. The Morgan fingerprint density at radius 1 is 1.32 bits per heavy atom. The van der Waals surface area contributed by atoms with E-state index in [0.717, 1.165) is 16.2 Å². The summed E-state index contributed by atoms with van der Waals surface area (Å²) in [5.41, 5.74) is 0.776. The fraction of sp³-hybridized carbons (Fsp3) is 0.417. The molecule has 0 saturated heterocycles. The van der Waals surface area contributed by atoms with Crippen molar-refractivity contribution in [3.63, 3.8) is 0 Å². The molecule has 0 spiro atoms. The molecule has 0 aromatic carbocycles. The van der Waals surface area contributed by atoms with E-state index in [9.17, 15) is 19.5 Å². The van der Waals surface area contributed by atoms with Crippen LogP contribution in [-0.2, 0) is 22.4 Å². The molecule has 1 aliphatic rings. The lowest BCUT2D eigenvalue weighted by atomic mass is 9.87. The summed E-state index contributed by atoms with van der Waals surface area (Å²) in [7, 11) is 0. The first-order valence-electron chi connectivity index (χ1n) is 5.78. The molecule has 1 aromatic rings. The minimum Gasteiger partial charge on any atom is -0.481 e. The molecule has 7 heteroatoms. The van der Waals surface area contributed by atoms with Gasteiger partial charge in [0.05, 0.1) is 11.5 Å². The number of rotatable bonds is 3. The number of carboxylic acids is 2. The van der Waals surface area contributed by atoms with E-state index in [2.05, 4.69) is 5.32 Å². The lowest BCUT2D eigenvalue weighted by molar-refractivity contribution is -0.142. The van der Waals surface area contributed by atoms with E-state index in [-0.39, 0.29) is 11.5 Å². The number of hydrogen-bond donors (Lipinski definition) is 3. The molecule has 6 nitrogen and oxygen atoms in total. The molecule has 2 rings (SSSR count). The van der Waals surface area contributed by atoms with Gasteiger partial charge in [-0.1, -0.05) is 0 Å². The van der Waals surface area contributed by atoms with Crippen molar-refractivity contribution in [2.45, 2.75) is 26.2 Å². The van der Waals surface area contributed by atoms with Gasteiger partial charge in [-0.2, -0.15) is 0 Å². The van der Waals surface area contributed by atoms with Crippen LogP contribution in [0.2, 0.25) is 0 Å². The van der Waals surface area contributed by atoms with E-state index in [4.69, 9.17) is 5.11 Å². The van der Waals surface area contributed by atoms with Crippen molar-refractivity contribution in [3.05, 3.63) is 16.0 Å². The highest BCUT2D eigenvalue weighted by atomic mass is 32.1. The summed E-state index contributed by atoms with van der Waals surface area (Å²) in [6.45, 7) is 1.31. The van der Waals surface area contributed by atoms with Crippen LogP contribution in [0.3, 0.4) is 0 Å². The third-order valence-electron chi connectivity index (χ3n) is 3.12. The monoisotopic (exact) mass is 283 g/mol. The summed E-state index contributed by atoms with van der Waals surface area (Å²) >= 11 is 1.16. The Morgan fingerprint density at radius 2 is 2.00 bits per heavy atom. The SMILES string of the molecule is CC(=O)Nc1sc2c(c1C(=O)O)CCC(C(=O)O)C2. The van der Waals surface area contributed by atoms with Crippen LogP contribution in [0.1, 0.15) is 34.1 Å². The summed E-state index contributed by atoms with van der Waals surface area (Å²) in [5.74, 6) is -2.76. The van der Waals surface area contributed by atoms with Gasteiger partial charge in [0.2, 0.25) is 5.91 Å². The average molecular weight is 283 g/mol. The fourth-order valence-corrected chi connectivity index (χ4v) is 3.64. The molecule has 3 N–H and O–H groups in total. The van der Waals surface area contributed by atoms with Gasteiger partial charge in [-0.15, -0.1) is 11.3 Å². The first kappa shape index (κ1) is 13.5. The molecule has 19 heavy (non-hydrogen) atoms. The molecule has 1 aliphatic carbocycles. The van der Waals surface area contributed by atoms with Crippen molar-refractivity contribution in [1.29, 1.82) is 0 Å². The molecule has 1 aromatic heterocycles. The molecule has 0 radical (unpaired) electrons. The largest absolute Gasteiger partial charge is 0.481 e. The van der Waals surface area contributed by atoms with Crippen LogP contribution in [0.15, 0.2) is 0 Å². The summed E-state index contributed by atoms with van der Waals surface area (Å²) < 4.78 is 0. The van der Waals surface area contributed by atoms with Crippen LogP contribution in [0, 0.1) is 5.92 Å². The zero-order valence-electron chi connectivity index (χ0n) is 10.2. The second kappa shape index (κ2) is 5.00. The number of hydrogen-bond acceptors (Lipinski definition) is 4. The van der Waals surface area contributed by atoms with Crippen molar-refractivity contribution < 1.29 is 24.6 Å². The number of amides is 1. The van der Waals surface area contributed by atoms with Crippen LogP contribution in [0.4, 0.5) is 5.00 Å². The van der Waals surface area contributed by atoms with Crippen molar-refractivity contribution in [3.8, 4) is 0 Å². The molecule has 1 unspecified atom stereocenters. The molecule has 1 heterocycles. The quantitative estimate of drug-likeness (QED) is 0.781. The lowest BCUT2D eigenvalue weighted by Gasteiger charge is -2.18. The zero-order chi connectivity index (χ0) is 14.2. The molecule has 0 saturated carbocycles. The summed E-state index contributed by atoms with van der Waals surface area (Å²) in [5, 5.41) is 21.1.